The number of sulfone groups is 1. The van der Waals surface area contributed by atoms with Crippen molar-refractivity contribution in [1.29, 1.82) is 0 Å². The van der Waals surface area contributed by atoms with E-state index in [0.29, 0.717) is 22.0 Å². The van der Waals surface area contributed by atoms with Gasteiger partial charge in [0.15, 0.2) is 9.84 Å². The zero-order valence-electron chi connectivity index (χ0n) is 12.3. The number of benzene rings is 1. The molecule has 1 saturated heterocycles. The van der Waals surface area contributed by atoms with Crippen molar-refractivity contribution in [3.63, 3.8) is 0 Å². The van der Waals surface area contributed by atoms with Crippen LogP contribution in [-0.4, -0.2) is 44.2 Å². The molecule has 0 bridgehead atoms. The fourth-order valence-corrected chi connectivity index (χ4v) is 3.96. The monoisotopic (exact) mass is 328 g/mol. The number of rotatable bonds is 4. The SMILES string of the molecule is CC1CC(Nc2cc(S(C)(=O)=O)ccc2Cl)CN1C1CC1. The number of hydrogen-bond acceptors (Lipinski definition) is 4. The Balaban J connectivity index is 1.76. The summed E-state index contributed by atoms with van der Waals surface area (Å²) in [6.07, 6.45) is 4.89. The Labute approximate surface area is 131 Å². The normalized spacial score (nSPS) is 27.0. The maximum Gasteiger partial charge on any atom is 0.175 e. The van der Waals surface area contributed by atoms with Crippen LogP contribution in [0.4, 0.5) is 5.69 Å². The molecule has 0 amide bonds. The van der Waals surface area contributed by atoms with Gasteiger partial charge in [-0.05, 0) is 44.4 Å². The lowest BCUT2D eigenvalue weighted by molar-refractivity contribution is 0.257. The van der Waals surface area contributed by atoms with Gasteiger partial charge < -0.3 is 5.32 Å². The molecule has 1 aliphatic heterocycles. The molecule has 2 unspecified atom stereocenters. The van der Waals surface area contributed by atoms with Crippen molar-refractivity contribution in [3.8, 4) is 0 Å². The molecule has 1 aromatic rings. The Kier molecular flexibility index (Phi) is 3.93. The Morgan fingerprint density at radius 2 is 2.05 bits per heavy atom. The van der Waals surface area contributed by atoms with Gasteiger partial charge in [-0.2, -0.15) is 0 Å². The first-order chi connectivity index (χ1) is 9.84. The minimum atomic E-state index is -3.21. The summed E-state index contributed by atoms with van der Waals surface area (Å²) in [6.45, 7) is 3.26. The number of halogens is 1. The van der Waals surface area contributed by atoms with Crippen molar-refractivity contribution in [1.82, 2.24) is 4.90 Å². The van der Waals surface area contributed by atoms with Crippen molar-refractivity contribution in [2.45, 2.75) is 49.2 Å². The lowest BCUT2D eigenvalue weighted by Crippen LogP contribution is -2.31. The Hall–Kier alpha value is -0.780. The van der Waals surface area contributed by atoms with Crippen LogP contribution in [0.5, 0.6) is 0 Å². The van der Waals surface area contributed by atoms with Gasteiger partial charge in [0.2, 0.25) is 0 Å². The molecule has 1 aliphatic carbocycles. The third-order valence-electron chi connectivity index (χ3n) is 4.36. The maximum atomic E-state index is 11.7. The lowest BCUT2D eigenvalue weighted by atomic mass is 10.2. The van der Waals surface area contributed by atoms with Crippen molar-refractivity contribution in [3.05, 3.63) is 23.2 Å². The second-order valence-corrected chi connectivity index (χ2v) is 8.69. The molecule has 4 nitrogen and oxygen atoms in total. The molecule has 116 valence electrons. The van der Waals surface area contributed by atoms with E-state index in [-0.39, 0.29) is 0 Å². The van der Waals surface area contributed by atoms with Crippen LogP contribution in [0.25, 0.3) is 0 Å². The van der Waals surface area contributed by atoms with Gasteiger partial charge in [-0.25, -0.2) is 8.42 Å². The quantitative estimate of drug-likeness (QED) is 0.923. The summed E-state index contributed by atoms with van der Waals surface area (Å²) in [6, 6.07) is 6.50. The number of nitrogens with one attached hydrogen (secondary N) is 1. The van der Waals surface area contributed by atoms with Gasteiger partial charge in [-0.3, -0.25) is 4.90 Å². The standard InChI is InChI=1S/C15H21ClN2O2S/c1-10-7-11(9-18(10)12-3-4-12)17-15-8-13(21(2,19)20)5-6-14(15)16/h5-6,8,10-12,17H,3-4,7,9H2,1-2H3. The molecular weight excluding hydrogens is 308 g/mol. The number of hydrogen-bond donors (Lipinski definition) is 1. The molecule has 1 saturated carbocycles. The lowest BCUT2D eigenvalue weighted by Gasteiger charge is -2.20. The van der Waals surface area contributed by atoms with Crippen molar-refractivity contribution >= 4 is 27.1 Å². The van der Waals surface area contributed by atoms with E-state index in [1.54, 1.807) is 18.2 Å². The van der Waals surface area contributed by atoms with E-state index in [0.717, 1.165) is 24.7 Å². The van der Waals surface area contributed by atoms with Gasteiger partial charge in [0.1, 0.15) is 0 Å². The van der Waals surface area contributed by atoms with Gasteiger partial charge in [-0.15, -0.1) is 0 Å². The molecule has 6 heteroatoms. The van der Waals surface area contributed by atoms with Crippen LogP contribution in [0.1, 0.15) is 26.2 Å². The summed E-state index contributed by atoms with van der Waals surface area (Å²) in [5.41, 5.74) is 0.717. The molecule has 0 radical (unpaired) electrons. The van der Waals surface area contributed by atoms with Gasteiger partial charge in [-0.1, -0.05) is 11.6 Å². The molecule has 1 aromatic carbocycles. The van der Waals surface area contributed by atoms with Crippen molar-refractivity contribution < 1.29 is 8.42 Å². The Morgan fingerprint density at radius 1 is 1.33 bits per heavy atom. The second kappa shape index (κ2) is 5.45. The summed E-state index contributed by atoms with van der Waals surface area (Å²) < 4.78 is 23.3. The average molecular weight is 329 g/mol. The molecular formula is C15H21ClN2O2S. The van der Waals surface area contributed by atoms with Crippen LogP contribution in [0.15, 0.2) is 23.1 Å². The summed E-state index contributed by atoms with van der Waals surface area (Å²) in [7, 11) is -3.21. The van der Waals surface area contributed by atoms with E-state index in [2.05, 4.69) is 17.1 Å². The highest BCUT2D eigenvalue weighted by Gasteiger charge is 2.38. The first-order valence-electron chi connectivity index (χ1n) is 7.36. The highest BCUT2D eigenvalue weighted by atomic mass is 35.5. The van der Waals surface area contributed by atoms with E-state index in [4.69, 9.17) is 11.6 Å². The zero-order valence-corrected chi connectivity index (χ0v) is 13.9. The van der Waals surface area contributed by atoms with E-state index in [1.165, 1.54) is 19.1 Å². The molecule has 0 aromatic heterocycles. The largest absolute Gasteiger partial charge is 0.380 e. The van der Waals surface area contributed by atoms with Crippen molar-refractivity contribution in [2.24, 2.45) is 0 Å². The zero-order chi connectivity index (χ0) is 15.2. The van der Waals surface area contributed by atoms with Crippen LogP contribution in [0.2, 0.25) is 5.02 Å². The molecule has 2 aliphatic rings. The van der Waals surface area contributed by atoms with Crippen LogP contribution >= 0.6 is 11.6 Å². The Bertz CT molecular complexity index is 643. The summed E-state index contributed by atoms with van der Waals surface area (Å²) in [5.74, 6) is 0. The van der Waals surface area contributed by atoms with E-state index >= 15 is 0 Å². The second-order valence-electron chi connectivity index (χ2n) is 6.27. The average Bonchev–Trinajstić information content (AvgIpc) is 3.16. The third-order valence-corrected chi connectivity index (χ3v) is 5.80. The topological polar surface area (TPSA) is 49.4 Å². The predicted octanol–water partition coefficient (Wildman–Crippen LogP) is 2.78. The van der Waals surface area contributed by atoms with Gasteiger partial charge in [0.05, 0.1) is 15.6 Å². The summed E-state index contributed by atoms with van der Waals surface area (Å²) in [5, 5.41) is 4.00. The fraction of sp³-hybridized carbons (Fsp3) is 0.600. The smallest absolute Gasteiger partial charge is 0.175 e. The Morgan fingerprint density at radius 3 is 2.67 bits per heavy atom. The van der Waals surface area contributed by atoms with E-state index in [9.17, 15) is 8.42 Å². The van der Waals surface area contributed by atoms with Gasteiger partial charge in [0, 0.05) is 30.9 Å². The van der Waals surface area contributed by atoms with Gasteiger partial charge >= 0.3 is 0 Å². The van der Waals surface area contributed by atoms with Crippen molar-refractivity contribution in [2.75, 3.05) is 18.1 Å². The molecule has 2 atom stereocenters. The molecule has 3 rings (SSSR count). The van der Waals surface area contributed by atoms with Crippen LogP contribution < -0.4 is 5.32 Å². The van der Waals surface area contributed by atoms with Crippen LogP contribution in [-0.2, 0) is 9.84 Å². The molecule has 1 N–H and O–H groups in total. The fourth-order valence-electron chi connectivity index (χ4n) is 3.14. The third kappa shape index (κ3) is 3.35. The number of nitrogens with zero attached hydrogens (tertiary/aromatic N) is 1. The minimum Gasteiger partial charge on any atom is -0.380 e. The maximum absolute atomic E-state index is 11.7. The summed E-state index contributed by atoms with van der Waals surface area (Å²) in [4.78, 5) is 2.85. The molecule has 2 fully saturated rings. The van der Waals surface area contributed by atoms with E-state index in [1.807, 2.05) is 0 Å². The minimum absolute atomic E-state index is 0.305. The molecule has 21 heavy (non-hydrogen) atoms. The molecule has 0 spiro atoms. The number of likely N-dealkylation sites (tertiary alicyclic amines) is 1. The highest BCUT2D eigenvalue weighted by Crippen LogP contribution is 2.35. The van der Waals surface area contributed by atoms with Crippen LogP contribution in [0.3, 0.4) is 0 Å². The first kappa shape index (κ1) is 15.1. The highest BCUT2D eigenvalue weighted by molar-refractivity contribution is 7.90. The predicted molar refractivity (Wildman–Crippen MR) is 85.8 cm³/mol. The molecule has 1 heterocycles. The summed E-state index contributed by atoms with van der Waals surface area (Å²) >= 11 is 6.20. The van der Waals surface area contributed by atoms with E-state index < -0.39 is 9.84 Å². The van der Waals surface area contributed by atoms with Gasteiger partial charge in [0.25, 0.3) is 0 Å². The van der Waals surface area contributed by atoms with Crippen LogP contribution in [0, 0.1) is 0 Å². The number of anilines is 1. The first-order valence-corrected chi connectivity index (χ1v) is 9.63.